The number of nitrogens with one attached hydrogen (secondary N) is 1. The van der Waals surface area contributed by atoms with Crippen molar-refractivity contribution in [3.63, 3.8) is 0 Å². The number of benzene rings is 1. The average Bonchev–Trinajstić information content (AvgIpc) is 2.91. The molecule has 1 aromatic heterocycles. The minimum absolute atomic E-state index is 0.397. The van der Waals surface area contributed by atoms with E-state index in [-0.39, 0.29) is 0 Å². The predicted octanol–water partition coefficient (Wildman–Crippen LogP) is 2.26. The predicted molar refractivity (Wildman–Crippen MR) is 85.5 cm³/mol. The zero-order chi connectivity index (χ0) is 14.7. The van der Waals surface area contributed by atoms with E-state index in [1.807, 2.05) is 30.1 Å². The quantitative estimate of drug-likeness (QED) is 0.940. The molecule has 112 valence electrons. The molecule has 1 aliphatic rings. The molecule has 3 rings (SSSR count). The maximum Gasteiger partial charge on any atom is 0.0522 e. The molecule has 0 amide bonds. The first-order valence-electron chi connectivity index (χ1n) is 7.40. The number of rotatable bonds is 4. The second-order valence-electron chi connectivity index (χ2n) is 5.58. The molecule has 1 fully saturated rings. The maximum absolute atomic E-state index is 6.14. The molecule has 1 unspecified atom stereocenters. The van der Waals surface area contributed by atoms with Crippen molar-refractivity contribution in [2.75, 3.05) is 26.2 Å². The van der Waals surface area contributed by atoms with Crippen LogP contribution in [0.3, 0.4) is 0 Å². The van der Waals surface area contributed by atoms with Crippen LogP contribution in [-0.4, -0.2) is 40.9 Å². The van der Waals surface area contributed by atoms with Gasteiger partial charge < -0.3 is 5.32 Å². The molecular formula is C16H21ClN4. The van der Waals surface area contributed by atoms with E-state index in [2.05, 4.69) is 33.6 Å². The van der Waals surface area contributed by atoms with E-state index in [1.54, 1.807) is 0 Å². The summed E-state index contributed by atoms with van der Waals surface area (Å²) in [6.07, 6.45) is 5.08. The second-order valence-corrected chi connectivity index (χ2v) is 6.02. The van der Waals surface area contributed by atoms with Crippen LogP contribution in [-0.2, 0) is 13.5 Å². The first-order chi connectivity index (χ1) is 10.2. The second kappa shape index (κ2) is 6.60. The Morgan fingerprint density at radius 3 is 3.10 bits per heavy atom. The number of nitrogens with zero attached hydrogens (tertiary/aromatic N) is 3. The monoisotopic (exact) mass is 304 g/mol. The Kier molecular flexibility index (Phi) is 4.58. The van der Waals surface area contributed by atoms with Crippen LogP contribution in [0.1, 0.15) is 17.2 Å². The van der Waals surface area contributed by atoms with Crippen molar-refractivity contribution in [2.24, 2.45) is 7.05 Å². The van der Waals surface area contributed by atoms with Gasteiger partial charge in [0.15, 0.2) is 0 Å². The molecule has 1 N–H and O–H groups in total. The molecule has 1 aromatic carbocycles. The lowest BCUT2D eigenvalue weighted by atomic mass is 10.0. The molecule has 0 radical (unpaired) electrons. The molecule has 1 atom stereocenters. The van der Waals surface area contributed by atoms with Gasteiger partial charge in [-0.3, -0.25) is 9.58 Å². The lowest BCUT2D eigenvalue weighted by Gasteiger charge is -2.36. The van der Waals surface area contributed by atoms with Gasteiger partial charge in [0, 0.05) is 50.5 Å². The third-order valence-electron chi connectivity index (χ3n) is 4.03. The van der Waals surface area contributed by atoms with Crippen LogP contribution in [0.2, 0.25) is 5.02 Å². The van der Waals surface area contributed by atoms with Gasteiger partial charge in [0.25, 0.3) is 0 Å². The van der Waals surface area contributed by atoms with Gasteiger partial charge in [0.1, 0.15) is 0 Å². The van der Waals surface area contributed by atoms with E-state index in [4.69, 9.17) is 11.6 Å². The third kappa shape index (κ3) is 3.64. The summed E-state index contributed by atoms with van der Waals surface area (Å²) in [6, 6.07) is 8.61. The summed E-state index contributed by atoms with van der Waals surface area (Å²) >= 11 is 6.14. The van der Waals surface area contributed by atoms with Gasteiger partial charge in [-0.15, -0.1) is 0 Å². The summed E-state index contributed by atoms with van der Waals surface area (Å²) in [6.45, 7) is 4.14. The molecular weight excluding hydrogens is 284 g/mol. The maximum atomic E-state index is 6.14. The van der Waals surface area contributed by atoms with E-state index >= 15 is 0 Å². The van der Waals surface area contributed by atoms with Crippen LogP contribution in [0.15, 0.2) is 36.7 Å². The van der Waals surface area contributed by atoms with Gasteiger partial charge >= 0.3 is 0 Å². The summed E-state index contributed by atoms with van der Waals surface area (Å²) in [5.41, 5.74) is 2.58. The summed E-state index contributed by atoms with van der Waals surface area (Å²) in [7, 11) is 1.96. The Morgan fingerprint density at radius 1 is 1.43 bits per heavy atom. The highest BCUT2D eigenvalue weighted by atomic mass is 35.5. The number of hydrogen-bond acceptors (Lipinski definition) is 3. The van der Waals surface area contributed by atoms with Gasteiger partial charge in [0.2, 0.25) is 0 Å². The summed E-state index contributed by atoms with van der Waals surface area (Å²) in [5, 5.41) is 8.53. The molecule has 1 aliphatic heterocycles. The van der Waals surface area contributed by atoms with Gasteiger partial charge in [-0.05, 0) is 29.7 Å². The summed E-state index contributed by atoms with van der Waals surface area (Å²) in [5.74, 6) is 0. The van der Waals surface area contributed by atoms with Crippen LogP contribution in [0, 0.1) is 0 Å². The molecule has 0 spiro atoms. The Bertz CT molecular complexity index is 595. The van der Waals surface area contributed by atoms with E-state index in [1.165, 1.54) is 11.1 Å². The number of halogens is 1. The van der Waals surface area contributed by atoms with Crippen molar-refractivity contribution < 1.29 is 0 Å². The molecule has 21 heavy (non-hydrogen) atoms. The number of hydrogen-bond donors (Lipinski definition) is 1. The van der Waals surface area contributed by atoms with E-state index < -0.39 is 0 Å². The van der Waals surface area contributed by atoms with Crippen LogP contribution in [0.25, 0.3) is 0 Å². The molecule has 2 aromatic rings. The highest BCUT2D eigenvalue weighted by Crippen LogP contribution is 2.24. The SMILES string of the molecule is Cn1cc(CCN2CCNCC2c2cccc(Cl)c2)cn1. The highest BCUT2D eigenvalue weighted by molar-refractivity contribution is 6.30. The Balaban J connectivity index is 1.69. The van der Waals surface area contributed by atoms with Crippen LogP contribution < -0.4 is 5.32 Å². The van der Waals surface area contributed by atoms with Crippen molar-refractivity contribution in [3.8, 4) is 0 Å². The fourth-order valence-corrected chi connectivity index (χ4v) is 3.13. The minimum atomic E-state index is 0.397. The minimum Gasteiger partial charge on any atom is -0.314 e. The summed E-state index contributed by atoms with van der Waals surface area (Å²) < 4.78 is 1.86. The molecule has 1 saturated heterocycles. The van der Waals surface area contributed by atoms with Crippen LogP contribution >= 0.6 is 11.6 Å². The van der Waals surface area contributed by atoms with Crippen molar-refractivity contribution >= 4 is 11.6 Å². The molecule has 5 heteroatoms. The summed E-state index contributed by atoms with van der Waals surface area (Å²) in [4.78, 5) is 2.54. The standard InChI is InChI=1S/C16H21ClN4/c1-20-12-13(10-19-20)5-7-21-8-6-18-11-16(21)14-3-2-4-15(17)9-14/h2-4,9-10,12,16,18H,5-8,11H2,1H3. The molecule has 0 aliphatic carbocycles. The number of aromatic nitrogens is 2. The number of aryl methyl sites for hydroxylation is 1. The lowest BCUT2D eigenvalue weighted by Crippen LogP contribution is -2.46. The molecule has 0 bridgehead atoms. The number of piperazine rings is 1. The highest BCUT2D eigenvalue weighted by Gasteiger charge is 2.23. The fraction of sp³-hybridized carbons (Fsp3) is 0.438. The zero-order valence-electron chi connectivity index (χ0n) is 12.3. The molecule has 0 saturated carbocycles. The smallest absolute Gasteiger partial charge is 0.0522 e. The first-order valence-corrected chi connectivity index (χ1v) is 7.78. The molecule has 4 nitrogen and oxygen atoms in total. The topological polar surface area (TPSA) is 33.1 Å². The third-order valence-corrected chi connectivity index (χ3v) is 4.27. The van der Waals surface area contributed by atoms with Gasteiger partial charge in [0.05, 0.1) is 6.20 Å². The largest absolute Gasteiger partial charge is 0.314 e. The van der Waals surface area contributed by atoms with Crippen LogP contribution in [0.5, 0.6) is 0 Å². The van der Waals surface area contributed by atoms with E-state index in [9.17, 15) is 0 Å². The van der Waals surface area contributed by atoms with E-state index in [0.29, 0.717) is 6.04 Å². The zero-order valence-corrected chi connectivity index (χ0v) is 13.1. The normalized spacial score (nSPS) is 19.8. The Labute approximate surface area is 130 Å². The van der Waals surface area contributed by atoms with Crippen molar-refractivity contribution in [1.82, 2.24) is 20.0 Å². The average molecular weight is 305 g/mol. The van der Waals surface area contributed by atoms with Gasteiger partial charge in [-0.1, -0.05) is 23.7 Å². The lowest BCUT2D eigenvalue weighted by molar-refractivity contribution is 0.164. The Morgan fingerprint density at radius 2 is 2.33 bits per heavy atom. The van der Waals surface area contributed by atoms with Crippen molar-refractivity contribution in [3.05, 3.63) is 52.8 Å². The Hall–Kier alpha value is -1.36. The first kappa shape index (κ1) is 14.6. The van der Waals surface area contributed by atoms with Crippen LogP contribution in [0.4, 0.5) is 0 Å². The van der Waals surface area contributed by atoms with Crippen molar-refractivity contribution in [1.29, 1.82) is 0 Å². The fourth-order valence-electron chi connectivity index (χ4n) is 2.93. The van der Waals surface area contributed by atoms with E-state index in [0.717, 1.165) is 37.6 Å². The van der Waals surface area contributed by atoms with Gasteiger partial charge in [-0.2, -0.15) is 5.10 Å². The van der Waals surface area contributed by atoms with Gasteiger partial charge in [-0.25, -0.2) is 0 Å². The molecule has 2 heterocycles. The van der Waals surface area contributed by atoms with Crippen molar-refractivity contribution in [2.45, 2.75) is 12.5 Å².